The van der Waals surface area contributed by atoms with Crippen LogP contribution in [0.1, 0.15) is 0 Å². The summed E-state index contributed by atoms with van der Waals surface area (Å²) in [5.41, 5.74) is 6.77. The summed E-state index contributed by atoms with van der Waals surface area (Å²) in [6.45, 7) is 0. The molecule has 2 aromatic carbocycles. The first-order valence-corrected chi connectivity index (χ1v) is 5.93. The van der Waals surface area contributed by atoms with Gasteiger partial charge in [0.2, 0.25) is 5.95 Å². The van der Waals surface area contributed by atoms with Gasteiger partial charge in [-0.2, -0.15) is 0 Å². The normalized spacial score (nSPS) is 11.2. The number of imidazole rings is 1. The number of nitrogens with two attached hydrogens (primary N) is 1. The van der Waals surface area contributed by atoms with Crippen LogP contribution < -0.4 is 5.73 Å². The van der Waals surface area contributed by atoms with Gasteiger partial charge in [-0.05, 0) is 18.2 Å². The molecule has 7 heteroatoms. The molecule has 0 fully saturated rings. The molecule has 2 N–H and O–H groups in total. The van der Waals surface area contributed by atoms with Gasteiger partial charge in [0.15, 0.2) is 17.5 Å². The number of nitrogens with zero attached hydrogens (tertiary/aromatic N) is 2. The van der Waals surface area contributed by atoms with Crippen LogP contribution in [0.2, 0.25) is 5.02 Å². The molecule has 0 spiro atoms. The SMILES string of the molecule is Nc1nc2cc(Cl)ccc2n1-c1cc(F)c(F)c(F)c1. The highest BCUT2D eigenvalue weighted by atomic mass is 35.5. The average molecular weight is 298 g/mol. The van der Waals surface area contributed by atoms with Crippen molar-refractivity contribution in [1.29, 1.82) is 0 Å². The topological polar surface area (TPSA) is 43.8 Å². The van der Waals surface area contributed by atoms with E-state index in [0.29, 0.717) is 16.1 Å². The molecule has 20 heavy (non-hydrogen) atoms. The van der Waals surface area contributed by atoms with Gasteiger partial charge in [0, 0.05) is 17.2 Å². The van der Waals surface area contributed by atoms with E-state index < -0.39 is 17.5 Å². The van der Waals surface area contributed by atoms with Crippen molar-refractivity contribution in [3.63, 3.8) is 0 Å². The first kappa shape index (κ1) is 12.8. The Morgan fingerprint density at radius 2 is 1.70 bits per heavy atom. The molecule has 0 saturated carbocycles. The summed E-state index contributed by atoms with van der Waals surface area (Å²) >= 11 is 5.84. The Balaban J connectivity index is 2.32. The maximum atomic E-state index is 13.3. The van der Waals surface area contributed by atoms with E-state index in [0.717, 1.165) is 12.1 Å². The average Bonchev–Trinajstić information content (AvgIpc) is 2.70. The lowest BCUT2D eigenvalue weighted by atomic mass is 10.2. The van der Waals surface area contributed by atoms with Crippen LogP contribution in [0.3, 0.4) is 0 Å². The molecule has 0 atom stereocenters. The minimum Gasteiger partial charge on any atom is -0.369 e. The van der Waals surface area contributed by atoms with Gasteiger partial charge in [-0.1, -0.05) is 11.6 Å². The van der Waals surface area contributed by atoms with Gasteiger partial charge < -0.3 is 5.73 Å². The predicted molar refractivity (Wildman–Crippen MR) is 70.4 cm³/mol. The third-order valence-corrected chi connectivity index (χ3v) is 3.10. The quantitative estimate of drug-likeness (QED) is 0.696. The molecule has 0 radical (unpaired) electrons. The van der Waals surface area contributed by atoms with E-state index in [1.165, 1.54) is 4.57 Å². The maximum absolute atomic E-state index is 13.3. The Hall–Kier alpha value is -2.21. The lowest BCUT2D eigenvalue weighted by Gasteiger charge is -2.07. The molecule has 0 aliphatic rings. The van der Waals surface area contributed by atoms with Crippen LogP contribution in [0.5, 0.6) is 0 Å². The number of nitrogen functional groups attached to an aromatic ring is 1. The third-order valence-electron chi connectivity index (χ3n) is 2.87. The number of hydrogen-bond acceptors (Lipinski definition) is 2. The van der Waals surface area contributed by atoms with Gasteiger partial charge in [0.05, 0.1) is 16.7 Å². The number of halogens is 4. The first-order valence-electron chi connectivity index (χ1n) is 5.56. The lowest BCUT2D eigenvalue weighted by Crippen LogP contribution is -2.03. The summed E-state index contributed by atoms with van der Waals surface area (Å²) in [5.74, 6) is -4.10. The first-order chi connectivity index (χ1) is 9.47. The fourth-order valence-corrected chi connectivity index (χ4v) is 2.18. The van der Waals surface area contributed by atoms with Crippen LogP contribution >= 0.6 is 11.6 Å². The molecule has 3 nitrogen and oxygen atoms in total. The van der Waals surface area contributed by atoms with Crippen molar-refractivity contribution in [1.82, 2.24) is 9.55 Å². The number of aromatic nitrogens is 2. The Morgan fingerprint density at radius 3 is 2.35 bits per heavy atom. The van der Waals surface area contributed by atoms with Crippen molar-refractivity contribution in [3.8, 4) is 5.69 Å². The largest absolute Gasteiger partial charge is 0.369 e. The van der Waals surface area contributed by atoms with Crippen molar-refractivity contribution in [2.24, 2.45) is 0 Å². The van der Waals surface area contributed by atoms with Gasteiger partial charge in [0.1, 0.15) is 0 Å². The fraction of sp³-hybridized carbons (Fsp3) is 0. The zero-order valence-corrected chi connectivity index (χ0v) is 10.6. The van der Waals surface area contributed by atoms with Crippen molar-refractivity contribution < 1.29 is 13.2 Å². The molecular weight excluding hydrogens is 291 g/mol. The second-order valence-corrected chi connectivity index (χ2v) is 4.60. The Kier molecular flexibility index (Phi) is 2.83. The van der Waals surface area contributed by atoms with Gasteiger partial charge in [-0.15, -0.1) is 0 Å². The van der Waals surface area contributed by atoms with Gasteiger partial charge in [-0.3, -0.25) is 4.57 Å². The molecule has 3 rings (SSSR count). The highest BCUT2D eigenvalue weighted by molar-refractivity contribution is 6.31. The van der Waals surface area contributed by atoms with Crippen molar-refractivity contribution in [3.05, 3.63) is 52.8 Å². The summed E-state index contributed by atoms with van der Waals surface area (Å²) in [6.07, 6.45) is 0. The van der Waals surface area contributed by atoms with Gasteiger partial charge >= 0.3 is 0 Å². The molecule has 0 aliphatic carbocycles. The van der Waals surface area contributed by atoms with Crippen molar-refractivity contribution >= 4 is 28.6 Å². The number of rotatable bonds is 1. The van der Waals surface area contributed by atoms with Crippen LogP contribution in [0, 0.1) is 17.5 Å². The minimum absolute atomic E-state index is 0.0210. The molecule has 102 valence electrons. The standard InChI is InChI=1S/C13H7ClF3N3/c14-6-1-2-11-10(3-6)19-13(18)20(11)7-4-8(15)12(17)9(16)5-7/h1-5H,(H2,18,19). The third kappa shape index (κ3) is 1.89. The van der Waals surface area contributed by atoms with E-state index in [-0.39, 0.29) is 11.6 Å². The maximum Gasteiger partial charge on any atom is 0.205 e. The number of hydrogen-bond donors (Lipinski definition) is 1. The van der Waals surface area contributed by atoms with E-state index in [2.05, 4.69) is 4.98 Å². The number of fused-ring (bicyclic) bond motifs is 1. The second-order valence-electron chi connectivity index (χ2n) is 4.16. The lowest BCUT2D eigenvalue weighted by molar-refractivity contribution is 0.446. The number of benzene rings is 2. The molecule has 0 saturated heterocycles. The highest BCUT2D eigenvalue weighted by Gasteiger charge is 2.15. The predicted octanol–water partition coefficient (Wildman–Crippen LogP) is 3.68. The molecule has 0 amide bonds. The minimum atomic E-state index is -1.53. The molecule has 0 aliphatic heterocycles. The number of anilines is 1. The van der Waals surface area contributed by atoms with Crippen molar-refractivity contribution in [2.75, 3.05) is 5.73 Å². The molecular formula is C13H7ClF3N3. The molecule has 1 aromatic heterocycles. The smallest absolute Gasteiger partial charge is 0.205 e. The van der Waals surface area contributed by atoms with Gasteiger partial charge in [-0.25, -0.2) is 18.2 Å². The van der Waals surface area contributed by atoms with E-state index in [1.807, 2.05) is 0 Å². The van der Waals surface area contributed by atoms with Crippen LogP contribution in [0.15, 0.2) is 30.3 Å². The Morgan fingerprint density at radius 1 is 1.05 bits per heavy atom. The molecule has 0 unspecified atom stereocenters. The van der Waals surface area contributed by atoms with E-state index in [9.17, 15) is 13.2 Å². The van der Waals surface area contributed by atoms with Crippen LogP contribution in [0.25, 0.3) is 16.7 Å². The summed E-state index contributed by atoms with van der Waals surface area (Å²) in [7, 11) is 0. The summed E-state index contributed by atoms with van der Waals surface area (Å²) in [4.78, 5) is 4.05. The Bertz CT molecular complexity index is 806. The van der Waals surface area contributed by atoms with Gasteiger partial charge in [0.25, 0.3) is 0 Å². The van der Waals surface area contributed by atoms with Crippen LogP contribution in [-0.4, -0.2) is 9.55 Å². The van der Waals surface area contributed by atoms with E-state index >= 15 is 0 Å². The summed E-state index contributed by atoms with van der Waals surface area (Å²) in [6, 6.07) is 6.48. The summed E-state index contributed by atoms with van der Waals surface area (Å²) in [5, 5.41) is 0.457. The van der Waals surface area contributed by atoms with Crippen LogP contribution in [-0.2, 0) is 0 Å². The highest BCUT2D eigenvalue weighted by Crippen LogP contribution is 2.27. The van der Waals surface area contributed by atoms with E-state index in [4.69, 9.17) is 17.3 Å². The Labute approximate surface area is 116 Å². The molecule has 0 bridgehead atoms. The van der Waals surface area contributed by atoms with Crippen LogP contribution in [0.4, 0.5) is 19.1 Å². The molecule has 1 heterocycles. The van der Waals surface area contributed by atoms with Crippen molar-refractivity contribution in [2.45, 2.75) is 0 Å². The second kappa shape index (κ2) is 4.42. The molecule has 3 aromatic rings. The monoisotopic (exact) mass is 297 g/mol. The fourth-order valence-electron chi connectivity index (χ4n) is 2.01. The summed E-state index contributed by atoms with van der Waals surface area (Å²) < 4.78 is 40.9. The van der Waals surface area contributed by atoms with E-state index in [1.54, 1.807) is 18.2 Å². The zero-order valence-electron chi connectivity index (χ0n) is 9.87. The zero-order chi connectivity index (χ0) is 14.4.